The third kappa shape index (κ3) is 5.38. The molecule has 0 radical (unpaired) electrons. The lowest BCUT2D eigenvalue weighted by Crippen LogP contribution is -2.51. The third-order valence-corrected chi connectivity index (χ3v) is 10.1. The van der Waals surface area contributed by atoms with E-state index in [1.165, 1.54) is 24.3 Å². The molecule has 3 aliphatic rings. The molecule has 3 aliphatic heterocycles. The zero-order valence-corrected chi connectivity index (χ0v) is 26.3. The van der Waals surface area contributed by atoms with Crippen LogP contribution in [0.2, 0.25) is 0 Å². The van der Waals surface area contributed by atoms with Gasteiger partial charge in [-0.2, -0.15) is 15.2 Å². The minimum Gasteiger partial charge on any atom is -0.508 e. The number of nitrogens with zero attached hydrogens (tertiary/aromatic N) is 5. The standard InChI is InChI=1S/C36H35F3N6O2/c1-4-25-28(37)9-6-20-12-24(46)13-26(30(20)25)31-29(38)14-27-33(32(31)39)42-35(43-34(27)45-16-22-7-8-23(17-45)41-22)47-19-36(3)18-44(5-2)11-10-21(36)15-40/h1,6,9,12-14,21-23,41,46H,5,7-8,10-11,16-19H2,2-3H3/t21-,22-,23+,36+/m0/s1. The van der Waals surface area contributed by atoms with Crippen molar-refractivity contribution in [2.45, 2.75) is 45.2 Å². The number of nitriles is 1. The molecule has 3 saturated heterocycles. The maximum atomic E-state index is 16.9. The van der Waals surface area contributed by atoms with Gasteiger partial charge >= 0.3 is 6.01 Å². The van der Waals surface area contributed by atoms with Crippen LogP contribution in [-0.4, -0.2) is 71.4 Å². The van der Waals surface area contributed by atoms with Gasteiger partial charge in [-0.3, -0.25) is 0 Å². The van der Waals surface area contributed by atoms with Gasteiger partial charge in [0.15, 0.2) is 5.82 Å². The van der Waals surface area contributed by atoms with Gasteiger partial charge in [0.05, 0.1) is 29.7 Å². The second-order valence-corrected chi connectivity index (χ2v) is 13.3. The van der Waals surface area contributed by atoms with Gasteiger partial charge in [0.2, 0.25) is 0 Å². The van der Waals surface area contributed by atoms with Crippen LogP contribution in [0, 0.1) is 52.5 Å². The van der Waals surface area contributed by atoms with E-state index in [-0.39, 0.29) is 63.8 Å². The van der Waals surface area contributed by atoms with Crippen LogP contribution in [0.4, 0.5) is 19.0 Å². The molecular formula is C36H35F3N6O2. The Labute approximate surface area is 271 Å². The fraction of sp³-hybridized carbons (Fsp3) is 0.417. The van der Waals surface area contributed by atoms with E-state index >= 15 is 8.78 Å². The van der Waals surface area contributed by atoms with Crippen LogP contribution in [0.3, 0.4) is 0 Å². The first-order chi connectivity index (χ1) is 22.6. The molecule has 0 unspecified atom stereocenters. The van der Waals surface area contributed by atoms with Gasteiger partial charge in [0.1, 0.15) is 28.7 Å². The average molecular weight is 641 g/mol. The summed E-state index contributed by atoms with van der Waals surface area (Å²) in [4.78, 5) is 13.5. The maximum absolute atomic E-state index is 16.9. The Morgan fingerprint density at radius 2 is 1.87 bits per heavy atom. The Kier molecular flexibility index (Phi) is 7.86. The van der Waals surface area contributed by atoms with Crippen molar-refractivity contribution in [3.63, 3.8) is 0 Å². The molecular weight excluding hydrogens is 605 g/mol. The van der Waals surface area contributed by atoms with Gasteiger partial charge < -0.3 is 25.0 Å². The summed E-state index contributed by atoms with van der Waals surface area (Å²) in [7, 11) is 0. The molecule has 0 amide bonds. The molecule has 8 nitrogen and oxygen atoms in total. The number of phenols is 1. The molecule has 11 heteroatoms. The van der Waals surface area contributed by atoms with Crippen molar-refractivity contribution in [1.82, 2.24) is 20.2 Å². The van der Waals surface area contributed by atoms with Crippen LogP contribution in [-0.2, 0) is 0 Å². The lowest BCUT2D eigenvalue weighted by atomic mass is 9.73. The SMILES string of the molecule is C#Cc1c(F)ccc2cc(O)cc(-c3c(F)cc4c(N5C[C@H]6CC[C@@H](C5)N6)nc(OC[C@@]5(C)CN(CC)CC[C@H]5C#N)nc4c3F)c12. The number of rotatable bonds is 6. The molecule has 3 fully saturated rings. The van der Waals surface area contributed by atoms with Crippen molar-refractivity contribution in [3.05, 3.63) is 53.3 Å². The average Bonchev–Trinajstić information content (AvgIpc) is 3.40. The van der Waals surface area contributed by atoms with Crippen LogP contribution < -0.4 is 15.0 Å². The lowest BCUT2D eigenvalue weighted by molar-refractivity contribution is 0.0253. The Morgan fingerprint density at radius 1 is 1.11 bits per heavy atom. The topological polar surface area (TPSA) is 97.5 Å². The van der Waals surface area contributed by atoms with E-state index in [1.807, 2.05) is 11.8 Å². The van der Waals surface area contributed by atoms with Gasteiger partial charge in [-0.1, -0.05) is 25.8 Å². The van der Waals surface area contributed by atoms with Crippen LogP contribution in [0.25, 0.3) is 32.8 Å². The molecule has 0 saturated carbocycles. The number of piperazine rings is 1. The number of aromatic hydroxyl groups is 1. The number of hydrogen-bond donors (Lipinski definition) is 2. The summed E-state index contributed by atoms with van der Waals surface area (Å²) >= 11 is 0. The monoisotopic (exact) mass is 640 g/mol. The predicted molar refractivity (Wildman–Crippen MR) is 174 cm³/mol. The number of anilines is 1. The number of nitrogens with one attached hydrogen (secondary N) is 1. The molecule has 3 aromatic carbocycles. The first-order valence-electron chi connectivity index (χ1n) is 16.0. The zero-order chi connectivity index (χ0) is 33.0. The zero-order valence-electron chi connectivity index (χ0n) is 26.3. The molecule has 4 aromatic rings. The molecule has 4 atom stereocenters. The summed E-state index contributed by atoms with van der Waals surface area (Å²) in [6.45, 7) is 7.68. The lowest BCUT2D eigenvalue weighted by Gasteiger charge is -2.42. The number of benzene rings is 3. The second-order valence-electron chi connectivity index (χ2n) is 13.3. The molecule has 1 aromatic heterocycles. The molecule has 2 bridgehead atoms. The summed E-state index contributed by atoms with van der Waals surface area (Å²) in [5, 5.41) is 24.6. The van der Waals surface area contributed by atoms with Crippen LogP contribution >= 0.6 is 0 Å². The number of hydrogen-bond acceptors (Lipinski definition) is 8. The van der Waals surface area contributed by atoms with Crippen molar-refractivity contribution in [2.24, 2.45) is 11.3 Å². The highest BCUT2D eigenvalue weighted by Gasteiger charge is 2.41. The van der Waals surface area contributed by atoms with E-state index in [9.17, 15) is 14.8 Å². The van der Waals surface area contributed by atoms with Crippen LogP contribution in [0.1, 0.15) is 38.7 Å². The predicted octanol–water partition coefficient (Wildman–Crippen LogP) is 5.75. The largest absolute Gasteiger partial charge is 0.508 e. The maximum Gasteiger partial charge on any atom is 0.319 e. The molecule has 4 heterocycles. The summed E-state index contributed by atoms with van der Waals surface area (Å²) < 4.78 is 54.2. The van der Waals surface area contributed by atoms with Gasteiger partial charge in [-0.15, -0.1) is 6.42 Å². The van der Waals surface area contributed by atoms with E-state index in [1.54, 1.807) is 0 Å². The molecule has 2 N–H and O–H groups in total. The Morgan fingerprint density at radius 3 is 2.57 bits per heavy atom. The molecule has 47 heavy (non-hydrogen) atoms. The van der Waals surface area contributed by atoms with E-state index in [4.69, 9.17) is 16.1 Å². The number of ether oxygens (including phenoxy) is 1. The van der Waals surface area contributed by atoms with Crippen molar-refractivity contribution >= 4 is 27.5 Å². The molecule has 242 valence electrons. The second kappa shape index (κ2) is 11.9. The minimum atomic E-state index is -1.01. The van der Waals surface area contributed by atoms with Crippen LogP contribution in [0.5, 0.6) is 11.8 Å². The summed E-state index contributed by atoms with van der Waals surface area (Å²) in [5.74, 6) is -0.539. The van der Waals surface area contributed by atoms with Crippen molar-refractivity contribution in [3.8, 4) is 41.3 Å². The van der Waals surface area contributed by atoms with Gasteiger partial charge in [-0.25, -0.2) is 13.2 Å². The number of halogens is 3. The highest BCUT2D eigenvalue weighted by atomic mass is 19.1. The molecule has 0 aliphatic carbocycles. The first-order valence-corrected chi connectivity index (χ1v) is 16.0. The van der Waals surface area contributed by atoms with Crippen molar-refractivity contribution in [2.75, 3.05) is 44.2 Å². The highest BCUT2D eigenvalue weighted by molar-refractivity contribution is 6.04. The van der Waals surface area contributed by atoms with Crippen molar-refractivity contribution < 1.29 is 23.0 Å². The minimum absolute atomic E-state index is 0.0856. The third-order valence-electron chi connectivity index (χ3n) is 10.1. The number of fused-ring (bicyclic) bond motifs is 4. The van der Waals surface area contributed by atoms with Gasteiger partial charge in [0, 0.05) is 53.5 Å². The van der Waals surface area contributed by atoms with E-state index in [2.05, 4.69) is 34.1 Å². The Balaban J connectivity index is 1.40. The smallest absolute Gasteiger partial charge is 0.319 e. The summed E-state index contributed by atoms with van der Waals surface area (Å²) in [5.41, 5.74) is -1.48. The number of aromatic nitrogens is 2. The first kappa shape index (κ1) is 31.0. The fourth-order valence-corrected chi connectivity index (χ4v) is 7.67. The number of likely N-dealkylation sites (tertiary alicyclic amines) is 1. The molecule has 7 rings (SSSR count). The number of terminal acetylenes is 1. The van der Waals surface area contributed by atoms with Crippen molar-refractivity contribution in [1.29, 1.82) is 5.26 Å². The van der Waals surface area contributed by atoms with Crippen LogP contribution in [0.15, 0.2) is 30.3 Å². The molecule has 0 spiro atoms. The summed E-state index contributed by atoms with van der Waals surface area (Å²) in [6.07, 6.45) is 8.33. The normalized spacial score (nSPS) is 24.4. The van der Waals surface area contributed by atoms with E-state index < -0.39 is 28.4 Å². The Hall–Kier alpha value is -4.58. The fourth-order valence-electron chi connectivity index (χ4n) is 7.67. The Bertz CT molecular complexity index is 1980. The van der Waals surface area contributed by atoms with Gasteiger partial charge in [0.25, 0.3) is 0 Å². The quantitative estimate of drug-likeness (QED) is 0.258. The summed E-state index contributed by atoms with van der Waals surface area (Å²) in [6, 6.07) is 9.05. The number of piperidine rings is 1. The highest BCUT2D eigenvalue weighted by Crippen LogP contribution is 2.42. The van der Waals surface area contributed by atoms with E-state index in [0.29, 0.717) is 37.3 Å². The number of phenolic OH excluding ortho intramolecular Hbond substituents is 1. The van der Waals surface area contributed by atoms with E-state index in [0.717, 1.165) is 32.0 Å². The van der Waals surface area contributed by atoms with Gasteiger partial charge in [-0.05, 0) is 62.0 Å².